The second kappa shape index (κ2) is 5.83. The summed E-state index contributed by atoms with van der Waals surface area (Å²) in [4.78, 5) is 0. The van der Waals surface area contributed by atoms with Crippen molar-refractivity contribution in [1.82, 2.24) is 0 Å². The molecular formula is C16H21N. The molecule has 1 heteroatoms. The largest absolute Gasteiger partial charge is 0.324 e. The standard InChI is InChI=1S/C16H21N/c1-2-3-4-9-16(17)15-11-10-13-7-5-6-8-14(13)12-15/h5-8,10-12,16H,2-4,9,17H2,1H3/t16-/m1/s1. The SMILES string of the molecule is CCCCC[C@@H](N)c1ccc2ccccc2c1. The molecule has 2 rings (SSSR count). The van der Waals surface area contributed by atoms with E-state index in [-0.39, 0.29) is 6.04 Å². The Morgan fingerprint density at radius 1 is 1.00 bits per heavy atom. The van der Waals surface area contributed by atoms with Gasteiger partial charge in [0.25, 0.3) is 0 Å². The molecule has 2 N–H and O–H groups in total. The molecule has 2 aromatic rings. The zero-order valence-corrected chi connectivity index (χ0v) is 10.5. The minimum atomic E-state index is 0.186. The van der Waals surface area contributed by atoms with Gasteiger partial charge in [0.2, 0.25) is 0 Å². The lowest BCUT2D eigenvalue weighted by molar-refractivity contribution is 0.581. The third-order valence-electron chi connectivity index (χ3n) is 3.32. The van der Waals surface area contributed by atoms with Crippen LogP contribution in [0.4, 0.5) is 0 Å². The van der Waals surface area contributed by atoms with E-state index in [0.717, 1.165) is 6.42 Å². The van der Waals surface area contributed by atoms with Gasteiger partial charge in [0.1, 0.15) is 0 Å². The Labute approximate surface area is 104 Å². The number of hydrogen-bond acceptors (Lipinski definition) is 1. The summed E-state index contributed by atoms with van der Waals surface area (Å²) < 4.78 is 0. The molecule has 0 aliphatic heterocycles. The highest BCUT2D eigenvalue weighted by atomic mass is 14.6. The molecule has 0 aromatic heterocycles. The Kier molecular flexibility index (Phi) is 4.16. The molecule has 0 saturated heterocycles. The maximum absolute atomic E-state index is 6.23. The van der Waals surface area contributed by atoms with Crippen molar-refractivity contribution in [2.24, 2.45) is 5.73 Å². The highest BCUT2D eigenvalue weighted by molar-refractivity contribution is 5.83. The average Bonchev–Trinajstić information content (AvgIpc) is 2.38. The first-order chi connectivity index (χ1) is 8.31. The van der Waals surface area contributed by atoms with Crippen LogP contribution >= 0.6 is 0 Å². The van der Waals surface area contributed by atoms with Gasteiger partial charge in [0.15, 0.2) is 0 Å². The number of benzene rings is 2. The normalized spacial score (nSPS) is 12.8. The smallest absolute Gasteiger partial charge is 0.0295 e. The molecule has 0 bridgehead atoms. The molecule has 0 aliphatic rings. The Balaban J connectivity index is 2.12. The molecule has 1 nitrogen and oxygen atoms in total. The number of rotatable bonds is 5. The lowest BCUT2D eigenvalue weighted by Gasteiger charge is -2.12. The maximum atomic E-state index is 6.23. The molecule has 0 unspecified atom stereocenters. The molecule has 0 heterocycles. The van der Waals surface area contributed by atoms with E-state index in [1.165, 1.54) is 35.6 Å². The van der Waals surface area contributed by atoms with Gasteiger partial charge in [-0.25, -0.2) is 0 Å². The van der Waals surface area contributed by atoms with E-state index in [2.05, 4.69) is 49.4 Å². The summed E-state index contributed by atoms with van der Waals surface area (Å²) in [5, 5.41) is 2.58. The number of hydrogen-bond donors (Lipinski definition) is 1. The van der Waals surface area contributed by atoms with E-state index < -0.39 is 0 Å². The van der Waals surface area contributed by atoms with Crippen LogP contribution < -0.4 is 5.73 Å². The van der Waals surface area contributed by atoms with Crippen LogP contribution in [0.25, 0.3) is 10.8 Å². The van der Waals surface area contributed by atoms with Crippen molar-refractivity contribution in [3.05, 3.63) is 48.0 Å². The highest BCUT2D eigenvalue weighted by Gasteiger charge is 2.05. The van der Waals surface area contributed by atoms with Gasteiger partial charge in [-0.3, -0.25) is 0 Å². The van der Waals surface area contributed by atoms with Gasteiger partial charge in [-0.2, -0.15) is 0 Å². The van der Waals surface area contributed by atoms with Crippen molar-refractivity contribution >= 4 is 10.8 Å². The van der Waals surface area contributed by atoms with Gasteiger partial charge in [0.05, 0.1) is 0 Å². The van der Waals surface area contributed by atoms with Crippen molar-refractivity contribution < 1.29 is 0 Å². The van der Waals surface area contributed by atoms with Crippen LogP contribution in [0.3, 0.4) is 0 Å². The van der Waals surface area contributed by atoms with Crippen LogP contribution in [0.15, 0.2) is 42.5 Å². The third kappa shape index (κ3) is 3.07. The zero-order valence-electron chi connectivity index (χ0n) is 10.5. The first-order valence-corrected chi connectivity index (χ1v) is 6.55. The number of unbranched alkanes of at least 4 members (excludes halogenated alkanes) is 2. The van der Waals surface area contributed by atoms with Gasteiger partial charge >= 0.3 is 0 Å². The van der Waals surface area contributed by atoms with Crippen LogP contribution in [0, 0.1) is 0 Å². The van der Waals surface area contributed by atoms with Crippen molar-refractivity contribution in [2.45, 2.75) is 38.6 Å². The van der Waals surface area contributed by atoms with Crippen LogP contribution in [0.1, 0.15) is 44.2 Å². The lowest BCUT2D eigenvalue weighted by Crippen LogP contribution is -2.09. The number of nitrogens with two attached hydrogens (primary N) is 1. The summed E-state index contributed by atoms with van der Waals surface area (Å²) in [6.07, 6.45) is 4.85. The first kappa shape index (κ1) is 12.1. The average molecular weight is 227 g/mol. The van der Waals surface area contributed by atoms with E-state index in [9.17, 15) is 0 Å². The Bertz CT molecular complexity index is 476. The Hall–Kier alpha value is -1.34. The van der Waals surface area contributed by atoms with E-state index in [1.807, 2.05) is 0 Å². The highest BCUT2D eigenvalue weighted by Crippen LogP contribution is 2.22. The van der Waals surface area contributed by atoms with Gasteiger partial charge in [0, 0.05) is 6.04 Å². The van der Waals surface area contributed by atoms with Gasteiger partial charge < -0.3 is 5.73 Å². The maximum Gasteiger partial charge on any atom is 0.0295 e. The summed E-state index contributed by atoms with van der Waals surface area (Å²) in [5.74, 6) is 0. The monoisotopic (exact) mass is 227 g/mol. The fourth-order valence-electron chi connectivity index (χ4n) is 2.22. The minimum absolute atomic E-state index is 0.186. The third-order valence-corrected chi connectivity index (χ3v) is 3.32. The molecule has 0 spiro atoms. The fourth-order valence-corrected chi connectivity index (χ4v) is 2.22. The predicted molar refractivity (Wildman–Crippen MR) is 75.0 cm³/mol. The fraction of sp³-hybridized carbons (Fsp3) is 0.375. The summed E-state index contributed by atoms with van der Waals surface area (Å²) in [7, 11) is 0. The summed E-state index contributed by atoms with van der Waals surface area (Å²) in [6.45, 7) is 2.22. The van der Waals surface area contributed by atoms with Crippen LogP contribution in [0.2, 0.25) is 0 Å². The molecule has 0 fully saturated rings. The van der Waals surface area contributed by atoms with E-state index in [4.69, 9.17) is 5.73 Å². The first-order valence-electron chi connectivity index (χ1n) is 6.55. The van der Waals surface area contributed by atoms with E-state index in [1.54, 1.807) is 0 Å². The van der Waals surface area contributed by atoms with E-state index >= 15 is 0 Å². The Morgan fingerprint density at radius 3 is 2.53 bits per heavy atom. The second-order valence-electron chi connectivity index (χ2n) is 4.71. The molecule has 0 aliphatic carbocycles. The van der Waals surface area contributed by atoms with Crippen molar-refractivity contribution in [2.75, 3.05) is 0 Å². The second-order valence-corrected chi connectivity index (χ2v) is 4.71. The molecule has 17 heavy (non-hydrogen) atoms. The van der Waals surface area contributed by atoms with Crippen LogP contribution in [-0.2, 0) is 0 Å². The van der Waals surface area contributed by atoms with Crippen LogP contribution in [-0.4, -0.2) is 0 Å². The van der Waals surface area contributed by atoms with Crippen molar-refractivity contribution in [1.29, 1.82) is 0 Å². The van der Waals surface area contributed by atoms with Crippen molar-refractivity contribution in [3.63, 3.8) is 0 Å². The molecule has 2 aromatic carbocycles. The topological polar surface area (TPSA) is 26.0 Å². The Morgan fingerprint density at radius 2 is 1.76 bits per heavy atom. The molecule has 0 radical (unpaired) electrons. The van der Waals surface area contributed by atoms with Crippen LogP contribution in [0.5, 0.6) is 0 Å². The molecule has 1 atom stereocenters. The predicted octanol–water partition coefficient (Wildman–Crippen LogP) is 4.42. The van der Waals surface area contributed by atoms with Gasteiger partial charge in [-0.15, -0.1) is 0 Å². The number of fused-ring (bicyclic) bond motifs is 1. The van der Waals surface area contributed by atoms with Gasteiger partial charge in [-0.1, -0.05) is 62.6 Å². The molecule has 0 saturated carbocycles. The summed E-state index contributed by atoms with van der Waals surface area (Å²) >= 11 is 0. The van der Waals surface area contributed by atoms with Crippen molar-refractivity contribution in [3.8, 4) is 0 Å². The lowest BCUT2D eigenvalue weighted by atomic mass is 9.98. The minimum Gasteiger partial charge on any atom is -0.324 e. The summed E-state index contributed by atoms with van der Waals surface area (Å²) in [6, 6.07) is 15.2. The molecule has 90 valence electrons. The molecule has 0 amide bonds. The van der Waals surface area contributed by atoms with Gasteiger partial charge in [-0.05, 0) is 28.8 Å². The van der Waals surface area contributed by atoms with E-state index in [0.29, 0.717) is 0 Å². The zero-order chi connectivity index (χ0) is 12.1. The quantitative estimate of drug-likeness (QED) is 0.752. The molecular weight excluding hydrogens is 206 g/mol. The summed E-state index contributed by atoms with van der Waals surface area (Å²) in [5.41, 5.74) is 7.49.